The van der Waals surface area contributed by atoms with Crippen molar-refractivity contribution in [2.75, 3.05) is 18.1 Å². The van der Waals surface area contributed by atoms with E-state index in [-0.39, 0.29) is 0 Å². The fourth-order valence-corrected chi connectivity index (χ4v) is 2.72. The fraction of sp³-hybridized carbons (Fsp3) is 0.727. The molecule has 0 radical (unpaired) electrons. The lowest BCUT2D eigenvalue weighted by molar-refractivity contribution is 0.107. The summed E-state index contributed by atoms with van der Waals surface area (Å²) in [4.78, 5) is 4.38. The number of nitrogens with one attached hydrogen (secondary N) is 1. The van der Waals surface area contributed by atoms with Gasteiger partial charge in [0.25, 0.3) is 0 Å². The van der Waals surface area contributed by atoms with Gasteiger partial charge in [0.2, 0.25) is 0 Å². The van der Waals surface area contributed by atoms with E-state index < -0.39 is 5.60 Å². The number of aryl methyl sites for hydroxylation is 1. The second kappa shape index (κ2) is 6.59. The van der Waals surface area contributed by atoms with E-state index in [9.17, 15) is 5.11 Å². The van der Waals surface area contributed by atoms with Crippen LogP contribution in [0.25, 0.3) is 0 Å². The van der Waals surface area contributed by atoms with Crippen molar-refractivity contribution in [1.82, 2.24) is 10.3 Å². The first kappa shape index (κ1) is 14.0. The summed E-state index contributed by atoms with van der Waals surface area (Å²) in [5, 5.41) is 16.1. The first-order chi connectivity index (χ1) is 7.47. The third-order valence-electron chi connectivity index (χ3n) is 1.85. The predicted molar refractivity (Wildman–Crippen MR) is 72.2 cm³/mol. The number of thiazole rings is 1. The quantitative estimate of drug-likeness (QED) is 0.737. The predicted octanol–water partition coefficient (Wildman–Crippen LogP) is 2.05. The molecule has 0 fully saturated rings. The molecule has 0 amide bonds. The Hall–Kier alpha value is -0.100. The van der Waals surface area contributed by atoms with Crippen LogP contribution in [0, 0.1) is 6.92 Å². The van der Waals surface area contributed by atoms with Gasteiger partial charge >= 0.3 is 0 Å². The van der Waals surface area contributed by atoms with Gasteiger partial charge in [-0.05, 0) is 20.8 Å². The van der Waals surface area contributed by atoms with Gasteiger partial charge < -0.3 is 10.4 Å². The molecule has 0 unspecified atom stereocenters. The van der Waals surface area contributed by atoms with Crippen LogP contribution in [0.5, 0.6) is 0 Å². The molecule has 0 aliphatic heterocycles. The fourth-order valence-electron chi connectivity index (χ4n) is 1.17. The van der Waals surface area contributed by atoms with Gasteiger partial charge in [-0.15, -0.1) is 11.3 Å². The second-order valence-corrected chi connectivity index (χ2v) is 6.57. The van der Waals surface area contributed by atoms with Crippen molar-refractivity contribution in [3.05, 3.63) is 16.1 Å². The molecule has 92 valence electrons. The van der Waals surface area contributed by atoms with E-state index in [2.05, 4.69) is 15.7 Å². The van der Waals surface area contributed by atoms with Crippen molar-refractivity contribution in [1.29, 1.82) is 0 Å². The molecule has 1 aromatic heterocycles. The largest absolute Gasteiger partial charge is 0.390 e. The zero-order valence-corrected chi connectivity index (χ0v) is 11.7. The molecule has 0 aliphatic rings. The lowest BCUT2D eigenvalue weighted by Crippen LogP contribution is -2.23. The molecule has 3 nitrogen and oxygen atoms in total. The summed E-state index contributed by atoms with van der Waals surface area (Å²) in [7, 11) is 0. The summed E-state index contributed by atoms with van der Waals surface area (Å²) in [6.07, 6.45) is 0. The SMILES string of the molecule is Cc1nc(CNCCSCC(C)(C)O)cs1. The highest BCUT2D eigenvalue weighted by Gasteiger charge is 2.11. The van der Waals surface area contributed by atoms with Crippen LogP contribution < -0.4 is 5.32 Å². The lowest BCUT2D eigenvalue weighted by atomic mass is 10.2. The van der Waals surface area contributed by atoms with Gasteiger partial charge in [-0.1, -0.05) is 0 Å². The molecule has 0 atom stereocenters. The van der Waals surface area contributed by atoms with Crippen LogP contribution in [0.3, 0.4) is 0 Å². The number of rotatable bonds is 7. The molecule has 5 heteroatoms. The Morgan fingerprint density at radius 3 is 2.88 bits per heavy atom. The average molecular weight is 260 g/mol. The Kier molecular flexibility index (Phi) is 5.75. The van der Waals surface area contributed by atoms with E-state index in [0.717, 1.165) is 35.3 Å². The van der Waals surface area contributed by atoms with Crippen LogP contribution in [0.1, 0.15) is 24.5 Å². The van der Waals surface area contributed by atoms with Crippen molar-refractivity contribution in [3.8, 4) is 0 Å². The van der Waals surface area contributed by atoms with Crippen molar-refractivity contribution < 1.29 is 5.11 Å². The second-order valence-electron chi connectivity index (χ2n) is 4.40. The minimum Gasteiger partial charge on any atom is -0.390 e. The summed E-state index contributed by atoms with van der Waals surface area (Å²) in [6.45, 7) is 7.50. The van der Waals surface area contributed by atoms with E-state index in [0.29, 0.717) is 0 Å². The summed E-state index contributed by atoms with van der Waals surface area (Å²) >= 11 is 3.46. The maximum Gasteiger partial charge on any atom is 0.0897 e. The first-order valence-electron chi connectivity index (χ1n) is 5.39. The number of aromatic nitrogens is 1. The molecular formula is C11H20N2OS2. The number of nitrogens with zero attached hydrogens (tertiary/aromatic N) is 1. The van der Waals surface area contributed by atoms with Gasteiger partial charge in [-0.25, -0.2) is 4.98 Å². The number of hydrogen-bond donors (Lipinski definition) is 2. The van der Waals surface area contributed by atoms with Gasteiger partial charge in [-0.2, -0.15) is 11.8 Å². The summed E-state index contributed by atoms with van der Waals surface area (Å²) in [5.74, 6) is 1.80. The smallest absolute Gasteiger partial charge is 0.0897 e. The number of aliphatic hydroxyl groups is 1. The van der Waals surface area contributed by atoms with Crippen LogP contribution in [-0.4, -0.2) is 33.7 Å². The van der Waals surface area contributed by atoms with Crippen molar-refractivity contribution in [3.63, 3.8) is 0 Å². The molecule has 0 saturated heterocycles. The summed E-state index contributed by atoms with van der Waals surface area (Å²) in [6, 6.07) is 0. The van der Waals surface area contributed by atoms with E-state index in [4.69, 9.17) is 0 Å². The highest BCUT2D eigenvalue weighted by Crippen LogP contribution is 2.11. The first-order valence-corrected chi connectivity index (χ1v) is 7.43. The third-order valence-corrected chi connectivity index (χ3v) is 4.08. The van der Waals surface area contributed by atoms with Crippen LogP contribution in [0.4, 0.5) is 0 Å². The Labute approximate surface area is 106 Å². The van der Waals surface area contributed by atoms with Crippen LogP contribution >= 0.6 is 23.1 Å². The number of thioether (sulfide) groups is 1. The van der Waals surface area contributed by atoms with Gasteiger partial charge in [0.1, 0.15) is 0 Å². The molecule has 1 aromatic rings. The maximum atomic E-state index is 9.51. The average Bonchev–Trinajstić information content (AvgIpc) is 2.56. The van der Waals surface area contributed by atoms with Crippen molar-refractivity contribution in [2.45, 2.75) is 32.9 Å². The minimum absolute atomic E-state index is 0.559. The lowest BCUT2D eigenvalue weighted by Gasteiger charge is -2.15. The molecule has 0 saturated carbocycles. The van der Waals surface area contributed by atoms with Gasteiger partial charge in [0.15, 0.2) is 0 Å². The highest BCUT2D eigenvalue weighted by atomic mass is 32.2. The van der Waals surface area contributed by atoms with Gasteiger partial charge in [-0.3, -0.25) is 0 Å². The Balaban J connectivity index is 2.00. The van der Waals surface area contributed by atoms with Gasteiger partial charge in [0, 0.05) is 30.0 Å². The van der Waals surface area contributed by atoms with Crippen molar-refractivity contribution >= 4 is 23.1 Å². The molecule has 2 N–H and O–H groups in total. The minimum atomic E-state index is -0.559. The summed E-state index contributed by atoms with van der Waals surface area (Å²) in [5.41, 5.74) is 0.562. The molecular weight excluding hydrogens is 240 g/mol. The maximum absolute atomic E-state index is 9.51. The molecule has 16 heavy (non-hydrogen) atoms. The van der Waals surface area contributed by atoms with E-state index in [1.165, 1.54) is 0 Å². The molecule has 0 aliphatic carbocycles. The molecule has 1 rings (SSSR count). The van der Waals surface area contributed by atoms with Crippen molar-refractivity contribution in [2.24, 2.45) is 0 Å². The third kappa shape index (κ3) is 6.48. The Morgan fingerprint density at radius 2 is 2.31 bits per heavy atom. The molecule has 1 heterocycles. The molecule has 0 aromatic carbocycles. The van der Waals surface area contributed by atoms with Gasteiger partial charge in [0.05, 0.1) is 16.3 Å². The van der Waals surface area contributed by atoms with E-state index in [1.54, 1.807) is 23.1 Å². The van der Waals surface area contributed by atoms with Crippen LogP contribution in [0.15, 0.2) is 5.38 Å². The van der Waals surface area contributed by atoms with Crippen LogP contribution in [0.2, 0.25) is 0 Å². The van der Waals surface area contributed by atoms with E-state index >= 15 is 0 Å². The normalized spacial score (nSPS) is 12.0. The Morgan fingerprint density at radius 1 is 1.56 bits per heavy atom. The number of hydrogen-bond acceptors (Lipinski definition) is 5. The summed E-state index contributed by atoms with van der Waals surface area (Å²) < 4.78 is 0. The molecule has 0 bridgehead atoms. The standard InChI is InChI=1S/C11H20N2OS2/c1-9-13-10(7-16-9)6-12-4-5-15-8-11(2,3)14/h7,12,14H,4-6,8H2,1-3H3. The zero-order valence-electron chi connectivity index (χ0n) is 10.1. The van der Waals surface area contributed by atoms with E-state index in [1.807, 2.05) is 20.8 Å². The van der Waals surface area contributed by atoms with Crippen LogP contribution in [-0.2, 0) is 6.54 Å². The highest BCUT2D eigenvalue weighted by molar-refractivity contribution is 7.99. The Bertz CT molecular complexity index is 307. The topological polar surface area (TPSA) is 45.2 Å². The molecule has 0 spiro atoms. The zero-order chi connectivity index (χ0) is 12.0. The monoisotopic (exact) mass is 260 g/mol.